The third-order valence-corrected chi connectivity index (χ3v) is 1.69. The van der Waals surface area contributed by atoms with E-state index in [0.717, 1.165) is 12.4 Å². The maximum absolute atomic E-state index is 10.4. The lowest BCUT2D eigenvalue weighted by Gasteiger charge is -1.92. The van der Waals surface area contributed by atoms with Gasteiger partial charge >= 0.3 is 10.1 Å². The van der Waals surface area contributed by atoms with Gasteiger partial charge in [0.1, 0.15) is 0 Å². The molecule has 0 saturated carbocycles. The zero-order valence-corrected chi connectivity index (χ0v) is 6.52. The van der Waals surface area contributed by atoms with Gasteiger partial charge in [0, 0.05) is 12.4 Å². The molecule has 7 heteroatoms. The lowest BCUT2D eigenvalue weighted by Crippen LogP contribution is -2.04. The highest BCUT2D eigenvalue weighted by Gasteiger charge is 2.11. The van der Waals surface area contributed by atoms with Crippen molar-refractivity contribution in [3.8, 4) is 0 Å². The maximum Gasteiger partial charge on any atom is 0.330 e. The van der Waals surface area contributed by atoms with Crippen molar-refractivity contribution in [1.29, 1.82) is 0 Å². The molecule has 0 radical (unpaired) electrons. The minimum atomic E-state index is -4.37. The summed E-state index contributed by atoms with van der Waals surface area (Å²) in [6.07, 6.45) is 2.47. The number of rotatable bonds is 2. The molecule has 1 heterocycles. The molecule has 0 aromatic carbocycles. The Balaban J connectivity index is 3.17. The van der Waals surface area contributed by atoms with Crippen LogP contribution in [0.5, 0.6) is 0 Å². The van der Waals surface area contributed by atoms with Crippen LogP contribution in [0.15, 0.2) is 17.6 Å². The minimum absolute atomic E-state index is 0.141. The minimum Gasteiger partial charge on any atom is -0.298 e. The number of nitrogens with zero attached hydrogens (tertiary/aromatic N) is 2. The lowest BCUT2D eigenvalue weighted by atomic mass is 10.4. The zero-order chi connectivity index (χ0) is 9.19. The van der Waals surface area contributed by atoms with Crippen molar-refractivity contribution in [3.05, 3.63) is 18.0 Å². The molecule has 1 aromatic rings. The molecule has 0 aliphatic rings. The van der Waals surface area contributed by atoms with E-state index in [1.807, 2.05) is 0 Å². The van der Waals surface area contributed by atoms with Gasteiger partial charge in [0.25, 0.3) is 5.16 Å². The fourth-order valence-corrected chi connectivity index (χ4v) is 0.892. The van der Waals surface area contributed by atoms with Gasteiger partial charge < -0.3 is 0 Å². The highest BCUT2D eigenvalue weighted by molar-refractivity contribution is 7.85. The van der Waals surface area contributed by atoms with Crippen molar-refractivity contribution in [2.45, 2.75) is 5.16 Å². The Morgan fingerprint density at radius 3 is 2.17 bits per heavy atom. The monoisotopic (exact) mass is 188 g/mol. The summed E-state index contributed by atoms with van der Waals surface area (Å²) < 4.78 is 29.2. The van der Waals surface area contributed by atoms with Crippen LogP contribution in [0.3, 0.4) is 0 Å². The van der Waals surface area contributed by atoms with Gasteiger partial charge in [0.2, 0.25) is 0 Å². The van der Waals surface area contributed by atoms with Gasteiger partial charge in [-0.1, -0.05) is 0 Å². The first-order chi connectivity index (χ1) is 5.54. The molecule has 0 fully saturated rings. The van der Waals surface area contributed by atoms with E-state index in [2.05, 4.69) is 9.97 Å². The highest BCUT2D eigenvalue weighted by Crippen LogP contribution is 1.99. The van der Waals surface area contributed by atoms with Crippen molar-refractivity contribution < 1.29 is 17.8 Å². The van der Waals surface area contributed by atoms with Crippen LogP contribution in [0, 0.1) is 0 Å². The van der Waals surface area contributed by atoms with E-state index in [-0.39, 0.29) is 5.56 Å². The molecule has 0 amide bonds. The van der Waals surface area contributed by atoms with E-state index in [9.17, 15) is 13.2 Å². The molecule has 1 N–H and O–H groups in total. The Morgan fingerprint density at radius 1 is 1.33 bits per heavy atom. The molecular weight excluding hydrogens is 184 g/mol. The molecule has 0 atom stereocenters. The predicted octanol–water partition coefficient (Wildman–Crippen LogP) is -0.464. The van der Waals surface area contributed by atoms with Gasteiger partial charge in [0.15, 0.2) is 6.29 Å². The van der Waals surface area contributed by atoms with Gasteiger partial charge in [-0.2, -0.15) is 8.42 Å². The normalized spacial score (nSPS) is 11.1. The summed E-state index contributed by atoms with van der Waals surface area (Å²) in [6.45, 7) is 0. The van der Waals surface area contributed by atoms with Crippen LogP contribution in [-0.4, -0.2) is 29.2 Å². The molecule has 0 saturated heterocycles. The van der Waals surface area contributed by atoms with E-state index in [1.165, 1.54) is 0 Å². The fourth-order valence-electron chi connectivity index (χ4n) is 0.520. The lowest BCUT2D eigenvalue weighted by molar-refractivity contribution is 0.112. The van der Waals surface area contributed by atoms with Crippen molar-refractivity contribution in [3.63, 3.8) is 0 Å². The average molecular weight is 188 g/mol. The number of carbonyl (C=O) groups is 1. The van der Waals surface area contributed by atoms with Crippen LogP contribution >= 0.6 is 0 Å². The third kappa shape index (κ3) is 1.83. The van der Waals surface area contributed by atoms with E-state index in [1.54, 1.807) is 0 Å². The quantitative estimate of drug-likeness (QED) is 0.383. The Kier molecular flexibility index (Phi) is 2.15. The van der Waals surface area contributed by atoms with Crippen LogP contribution < -0.4 is 0 Å². The molecule has 0 aliphatic carbocycles. The van der Waals surface area contributed by atoms with Gasteiger partial charge in [0.05, 0.1) is 5.56 Å². The van der Waals surface area contributed by atoms with Crippen molar-refractivity contribution in [1.82, 2.24) is 9.97 Å². The van der Waals surface area contributed by atoms with Crippen molar-refractivity contribution in [2.24, 2.45) is 0 Å². The van der Waals surface area contributed by atoms with Gasteiger partial charge in [-0.3, -0.25) is 9.35 Å². The fraction of sp³-hybridized carbons (Fsp3) is 0. The van der Waals surface area contributed by atoms with Crippen LogP contribution in [0.4, 0.5) is 0 Å². The summed E-state index contributed by atoms with van der Waals surface area (Å²) >= 11 is 0. The maximum atomic E-state index is 10.4. The Labute approximate surface area is 68.0 Å². The first kappa shape index (κ1) is 8.75. The third-order valence-electron chi connectivity index (χ3n) is 1.01. The first-order valence-corrected chi connectivity index (χ1v) is 4.23. The summed E-state index contributed by atoms with van der Waals surface area (Å²) in [5.41, 5.74) is 0.141. The Hall–Kier alpha value is -1.34. The van der Waals surface area contributed by atoms with E-state index < -0.39 is 15.3 Å². The molecule has 1 rings (SSSR count). The molecule has 0 bridgehead atoms. The first-order valence-electron chi connectivity index (χ1n) is 2.79. The number of aromatic nitrogens is 2. The van der Waals surface area contributed by atoms with Crippen LogP contribution in [0.25, 0.3) is 0 Å². The number of aldehydes is 1. The highest BCUT2D eigenvalue weighted by atomic mass is 32.2. The summed E-state index contributed by atoms with van der Waals surface area (Å²) in [5.74, 6) is 0. The topological polar surface area (TPSA) is 97.2 Å². The molecule has 12 heavy (non-hydrogen) atoms. The molecule has 64 valence electrons. The second kappa shape index (κ2) is 2.95. The predicted molar refractivity (Wildman–Crippen MR) is 37.2 cm³/mol. The number of hydrogen-bond acceptors (Lipinski definition) is 5. The summed E-state index contributed by atoms with van der Waals surface area (Å²) in [4.78, 5) is 16.6. The molecule has 0 aliphatic heterocycles. The van der Waals surface area contributed by atoms with Crippen molar-refractivity contribution >= 4 is 16.4 Å². The van der Waals surface area contributed by atoms with Gasteiger partial charge in [-0.25, -0.2) is 9.97 Å². The molecule has 6 nitrogen and oxygen atoms in total. The number of carbonyl (C=O) groups excluding carboxylic acids is 1. The average Bonchev–Trinajstić information content (AvgIpc) is 2.03. The van der Waals surface area contributed by atoms with Gasteiger partial charge in [-0.15, -0.1) is 0 Å². The molecule has 1 aromatic heterocycles. The van der Waals surface area contributed by atoms with Crippen LogP contribution in [-0.2, 0) is 10.1 Å². The smallest absolute Gasteiger partial charge is 0.298 e. The van der Waals surface area contributed by atoms with E-state index in [4.69, 9.17) is 4.55 Å². The molecule has 0 spiro atoms. The standard InChI is InChI=1S/C5H4N2O4S/c8-3-4-1-6-5(7-2-4)12(9,10)11/h1-3H,(H,9,10,11). The van der Waals surface area contributed by atoms with Crippen molar-refractivity contribution in [2.75, 3.05) is 0 Å². The molecular formula is C5H4N2O4S. The Bertz CT molecular complexity index is 382. The van der Waals surface area contributed by atoms with E-state index >= 15 is 0 Å². The zero-order valence-electron chi connectivity index (χ0n) is 5.71. The second-order valence-electron chi connectivity index (χ2n) is 1.89. The van der Waals surface area contributed by atoms with E-state index in [0.29, 0.717) is 6.29 Å². The SMILES string of the molecule is O=Cc1cnc(S(=O)(=O)O)nc1. The Morgan fingerprint density at radius 2 is 1.83 bits per heavy atom. The van der Waals surface area contributed by atoms with Gasteiger partial charge in [-0.05, 0) is 0 Å². The van der Waals surface area contributed by atoms with Crippen LogP contribution in [0.2, 0.25) is 0 Å². The second-order valence-corrected chi connectivity index (χ2v) is 3.21. The summed E-state index contributed by atoms with van der Waals surface area (Å²) in [7, 11) is -4.37. The largest absolute Gasteiger partial charge is 0.330 e. The van der Waals surface area contributed by atoms with Crippen LogP contribution in [0.1, 0.15) is 10.4 Å². The number of hydrogen-bond donors (Lipinski definition) is 1. The summed E-state index contributed by atoms with van der Waals surface area (Å²) in [6, 6.07) is 0. The summed E-state index contributed by atoms with van der Waals surface area (Å²) in [5, 5.41) is -0.715. The molecule has 0 unspecified atom stereocenters.